The lowest BCUT2D eigenvalue weighted by molar-refractivity contribution is 0.00299. The van der Waals surface area contributed by atoms with Crippen molar-refractivity contribution in [1.82, 2.24) is 0 Å². The molecule has 0 atom stereocenters. The Hall–Kier alpha value is -1.42. The van der Waals surface area contributed by atoms with Gasteiger partial charge in [0, 0.05) is 24.4 Å². The molecule has 0 radical (unpaired) electrons. The van der Waals surface area contributed by atoms with Crippen LogP contribution in [0.2, 0.25) is 0 Å². The number of anilines is 2. The molecule has 17 heavy (non-hydrogen) atoms. The molecule has 1 fully saturated rings. The Labute approximate surface area is 102 Å². The van der Waals surface area contributed by atoms with Crippen LogP contribution in [0.25, 0.3) is 0 Å². The van der Waals surface area contributed by atoms with Gasteiger partial charge in [0.05, 0.1) is 18.9 Å². The fourth-order valence-electron chi connectivity index (χ4n) is 2.09. The number of nitrogen functional groups attached to an aromatic ring is 1. The van der Waals surface area contributed by atoms with Crippen molar-refractivity contribution in [2.45, 2.75) is 31.9 Å². The number of nitrogens with two attached hydrogens (primary N) is 1. The first-order chi connectivity index (χ1) is 8.22. The Morgan fingerprint density at radius 3 is 2.82 bits per heavy atom. The molecule has 0 saturated heterocycles. The highest BCUT2D eigenvalue weighted by atomic mass is 16.5. The van der Waals surface area contributed by atoms with Crippen LogP contribution in [0.4, 0.5) is 11.4 Å². The van der Waals surface area contributed by atoms with Crippen molar-refractivity contribution in [3.8, 4) is 5.75 Å². The van der Waals surface area contributed by atoms with Crippen LogP contribution in [-0.2, 0) is 4.74 Å². The van der Waals surface area contributed by atoms with E-state index in [9.17, 15) is 0 Å². The molecule has 0 heterocycles. The number of methoxy groups -OCH3 is 1. The van der Waals surface area contributed by atoms with Gasteiger partial charge in [0.15, 0.2) is 0 Å². The van der Waals surface area contributed by atoms with E-state index in [0.29, 0.717) is 17.8 Å². The molecule has 0 spiro atoms. The fourth-order valence-corrected chi connectivity index (χ4v) is 2.09. The summed E-state index contributed by atoms with van der Waals surface area (Å²) in [5, 5.41) is 3.45. The number of hydrogen-bond acceptors (Lipinski definition) is 4. The molecule has 1 aliphatic rings. The van der Waals surface area contributed by atoms with E-state index in [-0.39, 0.29) is 0 Å². The molecule has 0 amide bonds. The highest BCUT2D eigenvalue weighted by Crippen LogP contribution is 2.30. The van der Waals surface area contributed by atoms with E-state index in [4.69, 9.17) is 15.2 Å². The molecule has 1 aromatic carbocycles. The van der Waals surface area contributed by atoms with Gasteiger partial charge in [-0.1, -0.05) is 0 Å². The van der Waals surface area contributed by atoms with Crippen LogP contribution in [0.5, 0.6) is 5.75 Å². The Morgan fingerprint density at radius 2 is 2.18 bits per heavy atom. The Balaban J connectivity index is 1.88. The molecule has 3 N–H and O–H groups in total. The van der Waals surface area contributed by atoms with Gasteiger partial charge in [-0.25, -0.2) is 0 Å². The molecule has 2 rings (SSSR count). The summed E-state index contributed by atoms with van der Waals surface area (Å²) in [7, 11) is 1.63. The SMILES string of the molecule is CCOC1CC(Nc2ccc(N)c(OC)c2)C1. The van der Waals surface area contributed by atoms with Crippen molar-refractivity contribution < 1.29 is 9.47 Å². The summed E-state index contributed by atoms with van der Waals surface area (Å²) in [5.74, 6) is 0.718. The first kappa shape index (κ1) is 12.0. The van der Waals surface area contributed by atoms with Crippen LogP contribution in [0.15, 0.2) is 18.2 Å². The van der Waals surface area contributed by atoms with E-state index in [0.717, 1.165) is 30.9 Å². The van der Waals surface area contributed by atoms with Crippen LogP contribution in [0, 0.1) is 0 Å². The molecule has 4 nitrogen and oxygen atoms in total. The standard InChI is InChI=1S/C13H20N2O2/c1-3-17-11-6-10(7-11)15-9-4-5-12(14)13(8-9)16-2/h4-5,8,10-11,15H,3,6-7,14H2,1-2H3. The maximum atomic E-state index is 5.77. The summed E-state index contributed by atoms with van der Waals surface area (Å²) in [4.78, 5) is 0. The van der Waals surface area contributed by atoms with Crippen molar-refractivity contribution in [1.29, 1.82) is 0 Å². The second-order valence-corrected chi connectivity index (χ2v) is 4.35. The summed E-state index contributed by atoms with van der Waals surface area (Å²) < 4.78 is 10.7. The fraction of sp³-hybridized carbons (Fsp3) is 0.538. The highest BCUT2D eigenvalue weighted by molar-refractivity contribution is 5.61. The first-order valence-corrected chi connectivity index (χ1v) is 6.04. The third kappa shape index (κ3) is 2.82. The summed E-state index contributed by atoms with van der Waals surface area (Å²) in [6.07, 6.45) is 2.56. The van der Waals surface area contributed by atoms with Crippen LogP contribution in [-0.4, -0.2) is 25.9 Å². The lowest BCUT2D eigenvalue weighted by Gasteiger charge is -2.36. The first-order valence-electron chi connectivity index (χ1n) is 6.04. The van der Waals surface area contributed by atoms with E-state index >= 15 is 0 Å². The lowest BCUT2D eigenvalue weighted by atomic mass is 9.89. The van der Waals surface area contributed by atoms with Gasteiger partial charge in [-0.05, 0) is 31.9 Å². The second kappa shape index (κ2) is 5.27. The normalized spacial score (nSPS) is 22.9. The van der Waals surface area contributed by atoms with Crippen molar-refractivity contribution in [2.75, 3.05) is 24.8 Å². The van der Waals surface area contributed by atoms with Gasteiger partial charge in [-0.3, -0.25) is 0 Å². The Kier molecular flexibility index (Phi) is 3.74. The molecule has 1 saturated carbocycles. The third-order valence-corrected chi connectivity index (χ3v) is 3.10. The maximum absolute atomic E-state index is 5.77. The zero-order valence-electron chi connectivity index (χ0n) is 10.4. The van der Waals surface area contributed by atoms with Crippen LogP contribution in [0.1, 0.15) is 19.8 Å². The number of hydrogen-bond donors (Lipinski definition) is 2. The van der Waals surface area contributed by atoms with Crippen LogP contribution in [0.3, 0.4) is 0 Å². The molecule has 4 heteroatoms. The predicted octanol–water partition coefficient (Wildman–Crippen LogP) is 2.26. The molecule has 0 aromatic heterocycles. The number of rotatable bonds is 5. The zero-order valence-corrected chi connectivity index (χ0v) is 10.4. The van der Waals surface area contributed by atoms with Crippen molar-refractivity contribution in [3.63, 3.8) is 0 Å². The van der Waals surface area contributed by atoms with Crippen molar-refractivity contribution in [3.05, 3.63) is 18.2 Å². The van der Waals surface area contributed by atoms with Gasteiger partial charge in [0.1, 0.15) is 5.75 Å². The van der Waals surface area contributed by atoms with Gasteiger partial charge in [0.2, 0.25) is 0 Å². The molecule has 0 bridgehead atoms. The Morgan fingerprint density at radius 1 is 1.41 bits per heavy atom. The molecular formula is C13H20N2O2. The molecule has 94 valence electrons. The number of nitrogens with one attached hydrogen (secondary N) is 1. The number of ether oxygens (including phenoxy) is 2. The van der Waals surface area contributed by atoms with E-state index in [2.05, 4.69) is 5.32 Å². The van der Waals surface area contributed by atoms with E-state index in [1.807, 2.05) is 25.1 Å². The topological polar surface area (TPSA) is 56.5 Å². The minimum absolute atomic E-state index is 0.424. The summed E-state index contributed by atoms with van der Waals surface area (Å²) in [6, 6.07) is 6.27. The van der Waals surface area contributed by atoms with Gasteiger partial charge >= 0.3 is 0 Å². The van der Waals surface area contributed by atoms with Gasteiger partial charge in [-0.2, -0.15) is 0 Å². The number of benzene rings is 1. The van der Waals surface area contributed by atoms with Crippen molar-refractivity contribution in [2.24, 2.45) is 0 Å². The molecule has 1 aliphatic carbocycles. The largest absolute Gasteiger partial charge is 0.495 e. The second-order valence-electron chi connectivity index (χ2n) is 4.35. The average molecular weight is 236 g/mol. The molecule has 0 unspecified atom stereocenters. The van der Waals surface area contributed by atoms with Gasteiger partial charge in [-0.15, -0.1) is 0 Å². The van der Waals surface area contributed by atoms with E-state index < -0.39 is 0 Å². The van der Waals surface area contributed by atoms with Gasteiger partial charge < -0.3 is 20.5 Å². The summed E-state index contributed by atoms with van der Waals surface area (Å²) in [5.41, 5.74) is 7.48. The zero-order chi connectivity index (χ0) is 12.3. The molecule has 1 aromatic rings. The quantitative estimate of drug-likeness (QED) is 0.770. The van der Waals surface area contributed by atoms with Crippen LogP contribution < -0.4 is 15.8 Å². The van der Waals surface area contributed by atoms with Crippen molar-refractivity contribution >= 4 is 11.4 Å². The average Bonchev–Trinajstić information content (AvgIpc) is 2.28. The molecule has 0 aliphatic heterocycles. The molecular weight excluding hydrogens is 216 g/mol. The maximum Gasteiger partial charge on any atom is 0.143 e. The van der Waals surface area contributed by atoms with Gasteiger partial charge in [0.25, 0.3) is 0 Å². The van der Waals surface area contributed by atoms with E-state index in [1.165, 1.54) is 0 Å². The lowest BCUT2D eigenvalue weighted by Crippen LogP contribution is -2.40. The highest BCUT2D eigenvalue weighted by Gasteiger charge is 2.29. The minimum Gasteiger partial charge on any atom is -0.495 e. The van der Waals surface area contributed by atoms with E-state index in [1.54, 1.807) is 7.11 Å². The smallest absolute Gasteiger partial charge is 0.143 e. The Bertz CT molecular complexity index is 376. The minimum atomic E-state index is 0.424. The monoisotopic (exact) mass is 236 g/mol. The summed E-state index contributed by atoms with van der Waals surface area (Å²) >= 11 is 0. The third-order valence-electron chi connectivity index (χ3n) is 3.10. The van der Waals surface area contributed by atoms with Crippen LogP contribution >= 0.6 is 0 Å². The predicted molar refractivity (Wildman–Crippen MR) is 69.5 cm³/mol. The summed E-state index contributed by atoms with van der Waals surface area (Å²) in [6.45, 7) is 2.83.